The Labute approximate surface area is 103 Å². The van der Waals surface area contributed by atoms with Crippen LogP contribution in [0.2, 0.25) is 0 Å². The second kappa shape index (κ2) is 5.05. The lowest BCUT2D eigenvalue weighted by molar-refractivity contribution is 0.387. The van der Waals surface area contributed by atoms with Gasteiger partial charge in [-0.2, -0.15) is 0 Å². The van der Waals surface area contributed by atoms with Crippen LogP contribution in [0, 0.1) is 12.7 Å². The Hall–Kier alpha value is -1.09. The molecule has 2 unspecified atom stereocenters. The van der Waals surface area contributed by atoms with Gasteiger partial charge in [-0.3, -0.25) is 0 Å². The standard InChI is InChI=1S/C14H21FN2/c1-10-4-5-13(9-14(10)15)17-7-6-12(16-3)8-11(17)2/h4-5,9,11-12,16H,6-8H2,1-3H3. The Morgan fingerprint density at radius 1 is 1.41 bits per heavy atom. The molecule has 1 aromatic carbocycles. The van der Waals surface area contributed by atoms with Crippen molar-refractivity contribution in [3.63, 3.8) is 0 Å². The molecule has 0 amide bonds. The maximum atomic E-state index is 13.6. The molecule has 1 aromatic rings. The smallest absolute Gasteiger partial charge is 0.128 e. The number of aryl methyl sites for hydroxylation is 1. The Morgan fingerprint density at radius 2 is 2.18 bits per heavy atom. The largest absolute Gasteiger partial charge is 0.369 e. The predicted molar refractivity (Wildman–Crippen MR) is 70.0 cm³/mol. The summed E-state index contributed by atoms with van der Waals surface area (Å²) in [5.74, 6) is -0.106. The van der Waals surface area contributed by atoms with Gasteiger partial charge in [-0.25, -0.2) is 4.39 Å². The number of piperidine rings is 1. The number of benzene rings is 1. The van der Waals surface area contributed by atoms with Gasteiger partial charge in [0.15, 0.2) is 0 Å². The van der Waals surface area contributed by atoms with Gasteiger partial charge in [0, 0.05) is 24.3 Å². The lowest BCUT2D eigenvalue weighted by Crippen LogP contribution is -2.46. The van der Waals surface area contributed by atoms with Gasteiger partial charge in [0.25, 0.3) is 0 Å². The highest BCUT2D eigenvalue weighted by Gasteiger charge is 2.24. The summed E-state index contributed by atoms with van der Waals surface area (Å²) in [5, 5.41) is 3.33. The van der Waals surface area contributed by atoms with Gasteiger partial charge in [-0.05, 0) is 51.4 Å². The highest BCUT2D eigenvalue weighted by molar-refractivity contribution is 5.49. The summed E-state index contributed by atoms with van der Waals surface area (Å²) in [6.07, 6.45) is 2.24. The first-order valence-electron chi connectivity index (χ1n) is 6.32. The number of hydrogen-bond donors (Lipinski definition) is 1. The molecule has 17 heavy (non-hydrogen) atoms. The molecule has 2 nitrogen and oxygen atoms in total. The van der Waals surface area contributed by atoms with E-state index in [2.05, 4.69) is 17.1 Å². The molecule has 1 N–H and O–H groups in total. The van der Waals surface area contributed by atoms with E-state index in [0.29, 0.717) is 17.6 Å². The number of nitrogens with zero attached hydrogens (tertiary/aromatic N) is 1. The summed E-state index contributed by atoms with van der Waals surface area (Å²) in [5.41, 5.74) is 1.72. The van der Waals surface area contributed by atoms with Crippen molar-refractivity contribution < 1.29 is 4.39 Å². The van der Waals surface area contributed by atoms with E-state index in [0.717, 1.165) is 25.1 Å². The topological polar surface area (TPSA) is 15.3 Å². The number of anilines is 1. The van der Waals surface area contributed by atoms with Crippen molar-refractivity contribution in [3.8, 4) is 0 Å². The summed E-state index contributed by atoms with van der Waals surface area (Å²) in [4.78, 5) is 2.30. The minimum absolute atomic E-state index is 0.106. The van der Waals surface area contributed by atoms with Crippen LogP contribution in [-0.4, -0.2) is 25.7 Å². The molecule has 94 valence electrons. The highest BCUT2D eigenvalue weighted by Crippen LogP contribution is 2.26. The molecule has 2 rings (SSSR count). The average Bonchev–Trinajstić information content (AvgIpc) is 2.32. The minimum atomic E-state index is -0.106. The third-order valence-corrected chi connectivity index (χ3v) is 3.77. The molecule has 3 heteroatoms. The third kappa shape index (κ3) is 2.60. The van der Waals surface area contributed by atoms with Crippen LogP contribution in [0.4, 0.5) is 10.1 Å². The Morgan fingerprint density at radius 3 is 2.76 bits per heavy atom. The molecule has 0 saturated carbocycles. The summed E-state index contributed by atoms with van der Waals surface area (Å²) in [7, 11) is 2.01. The van der Waals surface area contributed by atoms with Crippen LogP contribution >= 0.6 is 0 Å². The van der Waals surface area contributed by atoms with Crippen molar-refractivity contribution in [2.24, 2.45) is 0 Å². The van der Waals surface area contributed by atoms with Crippen LogP contribution in [0.25, 0.3) is 0 Å². The normalized spacial score (nSPS) is 25.1. The van der Waals surface area contributed by atoms with Crippen LogP contribution < -0.4 is 10.2 Å². The van der Waals surface area contributed by atoms with E-state index in [1.807, 2.05) is 19.2 Å². The monoisotopic (exact) mass is 236 g/mol. The Bertz CT molecular complexity index is 392. The van der Waals surface area contributed by atoms with E-state index in [-0.39, 0.29) is 5.82 Å². The molecule has 0 aliphatic carbocycles. The van der Waals surface area contributed by atoms with Crippen LogP contribution in [-0.2, 0) is 0 Å². The van der Waals surface area contributed by atoms with Crippen molar-refractivity contribution >= 4 is 5.69 Å². The van der Waals surface area contributed by atoms with Gasteiger partial charge in [0.1, 0.15) is 5.82 Å². The van der Waals surface area contributed by atoms with Crippen molar-refractivity contribution in [1.82, 2.24) is 5.32 Å². The fourth-order valence-electron chi connectivity index (χ4n) is 2.58. The Kier molecular flexibility index (Phi) is 3.67. The van der Waals surface area contributed by atoms with Gasteiger partial charge in [-0.15, -0.1) is 0 Å². The molecule has 0 aromatic heterocycles. The first-order valence-corrected chi connectivity index (χ1v) is 6.32. The van der Waals surface area contributed by atoms with E-state index in [4.69, 9.17) is 0 Å². The van der Waals surface area contributed by atoms with Gasteiger partial charge < -0.3 is 10.2 Å². The van der Waals surface area contributed by atoms with E-state index < -0.39 is 0 Å². The van der Waals surface area contributed by atoms with E-state index in [1.54, 1.807) is 13.0 Å². The van der Waals surface area contributed by atoms with E-state index in [9.17, 15) is 4.39 Å². The molecule has 1 saturated heterocycles. The summed E-state index contributed by atoms with van der Waals surface area (Å²) in [6.45, 7) is 5.01. The van der Waals surface area contributed by atoms with E-state index >= 15 is 0 Å². The number of nitrogens with one attached hydrogen (secondary N) is 1. The number of rotatable bonds is 2. The molecule has 1 aliphatic rings. The maximum absolute atomic E-state index is 13.6. The van der Waals surface area contributed by atoms with Crippen molar-refractivity contribution in [2.45, 2.75) is 38.8 Å². The molecule has 0 radical (unpaired) electrons. The lowest BCUT2D eigenvalue weighted by Gasteiger charge is -2.39. The van der Waals surface area contributed by atoms with Gasteiger partial charge in [0.05, 0.1) is 0 Å². The highest BCUT2D eigenvalue weighted by atomic mass is 19.1. The fourth-order valence-corrected chi connectivity index (χ4v) is 2.58. The lowest BCUT2D eigenvalue weighted by atomic mass is 9.97. The summed E-state index contributed by atoms with van der Waals surface area (Å²) < 4.78 is 13.6. The molecule has 0 spiro atoms. The van der Waals surface area contributed by atoms with Crippen molar-refractivity contribution in [3.05, 3.63) is 29.6 Å². The molecule has 1 fully saturated rings. The van der Waals surface area contributed by atoms with Gasteiger partial charge in [0.2, 0.25) is 0 Å². The first kappa shape index (κ1) is 12.4. The molecule has 1 heterocycles. The molecular weight excluding hydrogens is 215 g/mol. The second-order valence-electron chi connectivity index (χ2n) is 4.99. The zero-order valence-corrected chi connectivity index (χ0v) is 10.8. The van der Waals surface area contributed by atoms with Crippen LogP contribution in [0.3, 0.4) is 0 Å². The fraction of sp³-hybridized carbons (Fsp3) is 0.571. The SMILES string of the molecule is CNC1CCN(c2ccc(C)c(F)c2)C(C)C1. The third-order valence-electron chi connectivity index (χ3n) is 3.77. The van der Waals surface area contributed by atoms with Crippen LogP contribution in [0.1, 0.15) is 25.3 Å². The van der Waals surface area contributed by atoms with Crippen LogP contribution in [0.5, 0.6) is 0 Å². The minimum Gasteiger partial charge on any atom is -0.369 e. The second-order valence-corrected chi connectivity index (χ2v) is 4.99. The quantitative estimate of drug-likeness (QED) is 0.849. The number of halogens is 1. The zero-order chi connectivity index (χ0) is 12.4. The van der Waals surface area contributed by atoms with Gasteiger partial charge >= 0.3 is 0 Å². The predicted octanol–water partition coefficient (Wildman–Crippen LogP) is 2.71. The van der Waals surface area contributed by atoms with E-state index in [1.165, 1.54) is 0 Å². The Balaban J connectivity index is 2.14. The summed E-state index contributed by atoms with van der Waals surface area (Å²) >= 11 is 0. The molecule has 1 aliphatic heterocycles. The zero-order valence-electron chi connectivity index (χ0n) is 10.8. The number of hydrogen-bond acceptors (Lipinski definition) is 2. The first-order chi connectivity index (χ1) is 8.11. The van der Waals surface area contributed by atoms with Crippen molar-refractivity contribution in [1.29, 1.82) is 0 Å². The maximum Gasteiger partial charge on any atom is 0.128 e. The summed E-state index contributed by atoms with van der Waals surface area (Å²) in [6, 6.07) is 6.60. The molecular formula is C14H21FN2. The molecule has 2 atom stereocenters. The van der Waals surface area contributed by atoms with Crippen LogP contribution in [0.15, 0.2) is 18.2 Å². The van der Waals surface area contributed by atoms with Crippen molar-refractivity contribution in [2.75, 3.05) is 18.5 Å². The van der Waals surface area contributed by atoms with Gasteiger partial charge in [-0.1, -0.05) is 6.07 Å². The average molecular weight is 236 g/mol. The molecule has 0 bridgehead atoms.